The average Bonchev–Trinajstić information content (AvgIpc) is 2.80. The molecule has 65 valence electrons. The van der Waals surface area contributed by atoms with Gasteiger partial charge >= 0.3 is 0 Å². The highest BCUT2D eigenvalue weighted by Gasteiger charge is 2.21. The first kappa shape index (κ1) is 9.19. The monoisotopic (exact) mass is 175 g/mol. The van der Waals surface area contributed by atoms with Crippen molar-refractivity contribution in [3.63, 3.8) is 0 Å². The van der Waals surface area contributed by atoms with Crippen LogP contribution in [0.4, 0.5) is 0 Å². The molecule has 0 aromatic carbocycles. The van der Waals surface area contributed by atoms with Gasteiger partial charge in [-0.3, -0.25) is 0 Å². The van der Waals surface area contributed by atoms with Crippen molar-refractivity contribution in [2.45, 2.75) is 18.6 Å². The van der Waals surface area contributed by atoms with Crippen molar-refractivity contribution >= 4 is 9.76 Å². The van der Waals surface area contributed by atoms with Gasteiger partial charge in [0.15, 0.2) is 9.76 Å². The standard InChI is InChI=1S/C7H15O3Si/c1-8-11-4-2-3-9-5-7-6-10-7/h7,11H,2-6H2,1H3. The topological polar surface area (TPSA) is 31.0 Å². The van der Waals surface area contributed by atoms with Crippen LogP contribution >= 0.6 is 0 Å². The molecule has 1 heterocycles. The van der Waals surface area contributed by atoms with Crippen molar-refractivity contribution in [1.29, 1.82) is 0 Å². The molecule has 4 heteroatoms. The lowest BCUT2D eigenvalue weighted by Crippen LogP contribution is -2.03. The van der Waals surface area contributed by atoms with Gasteiger partial charge in [-0.05, 0) is 12.5 Å². The van der Waals surface area contributed by atoms with Crippen molar-refractivity contribution in [2.75, 3.05) is 26.9 Å². The van der Waals surface area contributed by atoms with E-state index in [2.05, 4.69) is 0 Å². The van der Waals surface area contributed by atoms with Crippen LogP contribution in [0.5, 0.6) is 0 Å². The van der Waals surface area contributed by atoms with E-state index in [0.29, 0.717) is 6.10 Å². The van der Waals surface area contributed by atoms with Gasteiger partial charge < -0.3 is 13.9 Å². The third-order valence-electron chi connectivity index (χ3n) is 1.48. The van der Waals surface area contributed by atoms with E-state index in [1.165, 1.54) is 6.04 Å². The molecule has 1 rings (SSSR count). The molecule has 0 aliphatic carbocycles. The maximum Gasteiger partial charge on any atom is 0.192 e. The molecule has 0 aromatic heterocycles. The first-order valence-electron chi connectivity index (χ1n) is 3.97. The molecule has 0 amide bonds. The smallest absolute Gasteiger partial charge is 0.192 e. The van der Waals surface area contributed by atoms with Crippen LogP contribution < -0.4 is 0 Å². The fourth-order valence-electron chi connectivity index (χ4n) is 0.766. The molecule has 0 saturated carbocycles. The normalized spacial score (nSPS) is 22.1. The first-order valence-corrected chi connectivity index (χ1v) is 5.26. The molecule has 1 aliphatic rings. The summed E-state index contributed by atoms with van der Waals surface area (Å²) in [6, 6.07) is 1.17. The summed E-state index contributed by atoms with van der Waals surface area (Å²) in [5.74, 6) is 0. The fraction of sp³-hybridized carbons (Fsp3) is 1.00. The zero-order valence-corrected chi connectivity index (χ0v) is 8.07. The lowest BCUT2D eigenvalue weighted by molar-refractivity contribution is 0.117. The van der Waals surface area contributed by atoms with Crippen LogP contribution in [-0.4, -0.2) is 42.8 Å². The fourth-order valence-corrected chi connectivity index (χ4v) is 1.33. The minimum absolute atomic E-state index is 0.202. The second kappa shape index (κ2) is 5.71. The SMILES string of the molecule is CO[SiH]CCCOCC1CO1. The van der Waals surface area contributed by atoms with Gasteiger partial charge in [0.1, 0.15) is 6.10 Å². The Hall–Kier alpha value is 0.0969. The number of rotatable bonds is 7. The molecule has 0 spiro atoms. The van der Waals surface area contributed by atoms with E-state index in [1.54, 1.807) is 7.11 Å². The highest BCUT2D eigenvalue weighted by molar-refractivity contribution is 6.26. The van der Waals surface area contributed by atoms with Crippen molar-refractivity contribution in [1.82, 2.24) is 0 Å². The molecular weight excluding hydrogens is 160 g/mol. The zero-order chi connectivity index (χ0) is 7.94. The first-order chi connectivity index (χ1) is 5.43. The van der Waals surface area contributed by atoms with Gasteiger partial charge in [-0.2, -0.15) is 0 Å². The Balaban J connectivity index is 1.66. The minimum atomic E-state index is 0.202. The van der Waals surface area contributed by atoms with E-state index >= 15 is 0 Å². The number of ether oxygens (including phenoxy) is 2. The Morgan fingerprint density at radius 1 is 1.64 bits per heavy atom. The van der Waals surface area contributed by atoms with Crippen LogP contribution in [0.1, 0.15) is 6.42 Å². The molecule has 0 bridgehead atoms. The van der Waals surface area contributed by atoms with Crippen LogP contribution in [0.25, 0.3) is 0 Å². The highest BCUT2D eigenvalue weighted by atomic mass is 28.2. The van der Waals surface area contributed by atoms with E-state index in [9.17, 15) is 0 Å². The van der Waals surface area contributed by atoms with Crippen molar-refractivity contribution in [3.05, 3.63) is 0 Å². The van der Waals surface area contributed by atoms with Gasteiger partial charge in [-0.15, -0.1) is 0 Å². The van der Waals surface area contributed by atoms with Crippen LogP contribution in [0.15, 0.2) is 0 Å². The van der Waals surface area contributed by atoms with Gasteiger partial charge in [-0.25, -0.2) is 0 Å². The molecule has 1 radical (unpaired) electrons. The van der Waals surface area contributed by atoms with Gasteiger partial charge in [0.25, 0.3) is 0 Å². The lowest BCUT2D eigenvalue weighted by atomic mass is 10.5. The number of hydrogen-bond donors (Lipinski definition) is 0. The molecule has 3 nitrogen and oxygen atoms in total. The largest absolute Gasteiger partial charge is 0.424 e. The summed E-state index contributed by atoms with van der Waals surface area (Å²) in [7, 11) is 1.96. The lowest BCUT2D eigenvalue weighted by Gasteiger charge is -2.00. The third-order valence-corrected chi connectivity index (χ3v) is 2.46. The van der Waals surface area contributed by atoms with Gasteiger partial charge in [0.2, 0.25) is 0 Å². The Labute approximate surface area is 70.0 Å². The maximum absolute atomic E-state index is 5.34. The average molecular weight is 175 g/mol. The van der Waals surface area contributed by atoms with Gasteiger partial charge in [0, 0.05) is 13.7 Å². The van der Waals surface area contributed by atoms with E-state index in [4.69, 9.17) is 13.9 Å². The summed E-state index contributed by atoms with van der Waals surface area (Å²) in [6.45, 7) is 2.53. The molecule has 1 aliphatic heterocycles. The molecule has 11 heavy (non-hydrogen) atoms. The summed E-state index contributed by atoms with van der Waals surface area (Å²) in [6.07, 6.45) is 1.53. The molecule has 0 aromatic rings. The summed E-state index contributed by atoms with van der Waals surface area (Å²) >= 11 is 0. The summed E-state index contributed by atoms with van der Waals surface area (Å²) in [4.78, 5) is 0. The number of hydrogen-bond acceptors (Lipinski definition) is 3. The Morgan fingerprint density at radius 3 is 3.09 bits per heavy atom. The van der Waals surface area contributed by atoms with Crippen LogP contribution in [0.3, 0.4) is 0 Å². The summed E-state index contributed by atoms with van der Waals surface area (Å²) in [5.41, 5.74) is 0. The molecule has 1 saturated heterocycles. The van der Waals surface area contributed by atoms with E-state index in [0.717, 1.165) is 26.2 Å². The predicted octanol–water partition coefficient (Wildman–Crippen LogP) is 0.208. The molecule has 1 unspecified atom stereocenters. The summed E-state index contributed by atoms with van der Waals surface area (Å²) < 4.78 is 15.3. The highest BCUT2D eigenvalue weighted by Crippen LogP contribution is 2.08. The summed E-state index contributed by atoms with van der Waals surface area (Å²) in [5, 5.41) is 0. The van der Waals surface area contributed by atoms with Gasteiger partial charge in [-0.1, -0.05) is 0 Å². The van der Waals surface area contributed by atoms with Crippen LogP contribution in [0, 0.1) is 0 Å². The maximum atomic E-state index is 5.34. The van der Waals surface area contributed by atoms with E-state index in [1.807, 2.05) is 0 Å². The van der Waals surface area contributed by atoms with E-state index < -0.39 is 0 Å². The Morgan fingerprint density at radius 2 is 2.45 bits per heavy atom. The van der Waals surface area contributed by atoms with Crippen LogP contribution in [-0.2, 0) is 13.9 Å². The quantitative estimate of drug-likeness (QED) is 0.315. The van der Waals surface area contributed by atoms with Gasteiger partial charge in [0.05, 0.1) is 13.2 Å². The molecule has 0 N–H and O–H groups in total. The third kappa shape index (κ3) is 5.38. The molecule has 1 atom stereocenters. The van der Waals surface area contributed by atoms with E-state index in [-0.39, 0.29) is 9.76 Å². The molecular formula is C7H15O3Si. The Kier molecular flexibility index (Phi) is 4.77. The van der Waals surface area contributed by atoms with Crippen LogP contribution in [0.2, 0.25) is 6.04 Å². The number of epoxide rings is 1. The Bertz CT molecular complexity index is 95.7. The second-order valence-corrected chi connectivity index (χ2v) is 3.96. The van der Waals surface area contributed by atoms with Crippen molar-refractivity contribution in [2.24, 2.45) is 0 Å². The minimum Gasteiger partial charge on any atom is -0.424 e. The second-order valence-electron chi connectivity index (χ2n) is 2.57. The van der Waals surface area contributed by atoms with Crippen molar-refractivity contribution in [3.8, 4) is 0 Å². The predicted molar refractivity (Wildman–Crippen MR) is 44.1 cm³/mol. The molecule has 1 fully saturated rings. The zero-order valence-electron chi connectivity index (χ0n) is 6.91. The van der Waals surface area contributed by atoms with Crippen molar-refractivity contribution < 1.29 is 13.9 Å².